The standard InChI is InChI=1S/C10H12ClNO2/c1-6(12)5-8-7(10(13)14)3-2-4-9(8)11/h2-4,6H,5,12H2,1H3,(H,13,14). The first kappa shape index (κ1) is 11.0. The fourth-order valence-corrected chi connectivity index (χ4v) is 1.54. The molecule has 14 heavy (non-hydrogen) atoms. The quantitative estimate of drug-likeness (QED) is 0.807. The van der Waals surface area contributed by atoms with Crippen LogP contribution in [0.1, 0.15) is 22.8 Å². The Kier molecular flexibility index (Phi) is 3.49. The molecule has 0 heterocycles. The zero-order valence-electron chi connectivity index (χ0n) is 7.83. The summed E-state index contributed by atoms with van der Waals surface area (Å²) in [6, 6.07) is 4.72. The molecule has 0 spiro atoms. The number of hydrogen-bond donors (Lipinski definition) is 2. The van der Waals surface area contributed by atoms with Gasteiger partial charge in [0.15, 0.2) is 0 Å². The van der Waals surface area contributed by atoms with Gasteiger partial charge >= 0.3 is 5.97 Å². The molecule has 4 heteroatoms. The van der Waals surface area contributed by atoms with Crippen molar-refractivity contribution in [2.45, 2.75) is 19.4 Å². The number of carboxylic acid groups (broad SMARTS) is 1. The van der Waals surface area contributed by atoms with Crippen LogP contribution in [0.15, 0.2) is 18.2 Å². The number of halogens is 1. The lowest BCUT2D eigenvalue weighted by atomic mass is 10.0. The summed E-state index contributed by atoms with van der Waals surface area (Å²) in [6.07, 6.45) is 0.474. The number of benzene rings is 1. The van der Waals surface area contributed by atoms with E-state index in [0.717, 1.165) is 0 Å². The Balaban J connectivity index is 3.15. The van der Waals surface area contributed by atoms with Gasteiger partial charge in [-0.05, 0) is 31.0 Å². The molecule has 76 valence electrons. The topological polar surface area (TPSA) is 63.3 Å². The van der Waals surface area contributed by atoms with E-state index in [-0.39, 0.29) is 11.6 Å². The van der Waals surface area contributed by atoms with Crippen LogP contribution in [0.2, 0.25) is 5.02 Å². The van der Waals surface area contributed by atoms with E-state index in [1.165, 1.54) is 6.07 Å². The Labute approximate surface area is 87.5 Å². The average Bonchev–Trinajstić information content (AvgIpc) is 2.07. The lowest BCUT2D eigenvalue weighted by Crippen LogP contribution is -2.19. The maximum Gasteiger partial charge on any atom is 0.336 e. The Morgan fingerprint density at radius 1 is 1.64 bits per heavy atom. The van der Waals surface area contributed by atoms with Crippen molar-refractivity contribution in [3.8, 4) is 0 Å². The minimum atomic E-state index is -0.969. The molecular weight excluding hydrogens is 202 g/mol. The van der Waals surface area contributed by atoms with Crippen LogP contribution < -0.4 is 5.73 Å². The fraction of sp³-hybridized carbons (Fsp3) is 0.300. The molecule has 1 aromatic rings. The van der Waals surface area contributed by atoms with E-state index >= 15 is 0 Å². The van der Waals surface area contributed by atoms with Crippen LogP contribution in [0.4, 0.5) is 0 Å². The molecule has 0 saturated heterocycles. The second kappa shape index (κ2) is 4.44. The molecule has 1 rings (SSSR count). The number of carboxylic acids is 1. The predicted molar refractivity (Wildman–Crippen MR) is 55.8 cm³/mol. The largest absolute Gasteiger partial charge is 0.478 e. The van der Waals surface area contributed by atoms with Crippen molar-refractivity contribution in [2.75, 3.05) is 0 Å². The van der Waals surface area contributed by atoms with Gasteiger partial charge in [0.2, 0.25) is 0 Å². The summed E-state index contributed by atoms with van der Waals surface area (Å²) in [5, 5.41) is 9.36. The SMILES string of the molecule is CC(N)Cc1c(Cl)cccc1C(=O)O. The van der Waals surface area contributed by atoms with Gasteiger partial charge in [-0.2, -0.15) is 0 Å². The van der Waals surface area contributed by atoms with Crippen molar-refractivity contribution >= 4 is 17.6 Å². The molecular formula is C10H12ClNO2. The molecule has 0 fully saturated rings. The highest BCUT2D eigenvalue weighted by atomic mass is 35.5. The maximum atomic E-state index is 10.9. The number of rotatable bonds is 3. The van der Waals surface area contributed by atoms with Crippen molar-refractivity contribution in [1.82, 2.24) is 0 Å². The van der Waals surface area contributed by atoms with Crippen molar-refractivity contribution in [2.24, 2.45) is 5.73 Å². The van der Waals surface area contributed by atoms with Gasteiger partial charge in [-0.15, -0.1) is 0 Å². The Morgan fingerprint density at radius 3 is 2.79 bits per heavy atom. The summed E-state index contributed by atoms with van der Waals surface area (Å²) >= 11 is 5.90. The van der Waals surface area contributed by atoms with E-state index in [1.54, 1.807) is 12.1 Å². The molecule has 0 amide bonds. The molecule has 0 aromatic heterocycles. The average molecular weight is 214 g/mol. The van der Waals surface area contributed by atoms with Gasteiger partial charge in [0.25, 0.3) is 0 Å². The summed E-state index contributed by atoms with van der Waals surface area (Å²) < 4.78 is 0. The monoisotopic (exact) mass is 213 g/mol. The predicted octanol–water partition coefficient (Wildman–Crippen LogP) is 1.93. The number of hydrogen-bond acceptors (Lipinski definition) is 2. The lowest BCUT2D eigenvalue weighted by molar-refractivity contribution is 0.0695. The molecule has 1 aromatic carbocycles. The van der Waals surface area contributed by atoms with Crippen molar-refractivity contribution in [3.63, 3.8) is 0 Å². The van der Waals surface area contributed by atoms with Crippen LogP contribution in [-0.4, -0.2) is 17.1 Å². The molecule has 0 aliphatic heterocycles. The smallest absolute Gasteiger partial charge is 0.336 e. The molecule has 3 nitrogen and oxygen atoms in total. The van der Waals surface area contributed by atoms with Gasteiger partial charge in [-0.3, -0.25) is 0 Å². The van der Waals surface area contributed by atoms with E-state index in [9.17, 15) is 4.79 Å². The summed E-state index contributed by atoms with van der Waals surface area (Å²) in [7, 11) is 0. The molecule has 1 atom stereocenters. The normalized spacial score (nSPS) is 12.5. The zero-order chi connectivity index (χ0) is 10.7. The Morgan fingerprint density at radius 2 is 2.29 bits per heavy atom. The highest BCUT2D eigenvalue weighted by molar-refractivity contribution is 6.31. The van der Waals surface area contributed by atoms with Gasteiger partial charge in [0.05, 0.1) is 5.56 Å². The second-order valence-electron chi connectivity index (χ2n) is 3.25. The zero-order valence-corrected chi connectivity index (χ0v) is 8.58. The van der Waals surface area contributed by atoms with Crippen LogP contribution in [-0.2, 0) is 6.42 Å². The highest BCUT2D eigenvalue weighted by Gasteiger charge is 2.13. The van der Waals surface area contributed by atoms with E-state index in [0.29, 0.717) is 17.0 Å². The number of nitrogens with two attached hydrogens (primary N) is 1. The third-order valence-corrected chi connectivity index (χ3v) is 2.23. The molecule has 3 N–H and O–H groups in total. The summed E-state index contributed by atoms with van der Waals surface area (Å²) in [6.45, 7) is 1.81. The highest BCUT2D eigenvalue weighted by Crippen LogP contribution is 2.21. The number of aromatic carboxylic acids is 1. The van der Waals surface area contributed by atoms with Crippen LogP contribution in [0, 0.1) is 0 Å². The molecule has 1 unspecified atom stereocenters. The minimum Gasteiger partial charge on any atom is -0.478 e. The van der Waals surface area contributed by atoms with Crippen molar-refractivity contribution < 1.29 is 9.90 Å². The first-order chi connectivity index (χ1) is 6.52. The van der Waals surface area contributed by atoms with Crippen LogP contribution in [0.5, 0.6) is 0 Å². The van der Waals surface area contributed by atoms with Crippen molar-refractivity contribution in [3.05, 3.63) is 34.3 Å². The van der Waals surface area contributed by atoms with E-state index in [4.69, 9.17) is 22.4 Å². The maximum absolute atomic E-state index is 10.9. The van der Waals surface area contributed by atoms with Gasteiger partial charge < -0.3 is 10.8 Å². The molecule has 0 bridgehead atoms. The minimum absolute atomic E-state index is 0.104. The van der Waals surface area contributed by atoms with Gasteiger partial charge in [0, 0.05) is 11.1 Å². The van der Waals surface area contributed by atoms with Gasteiger partial charge in [-0.25, -0.2) is 4.79 Å². The molecule has 0 saturated carbocycles. The fourth-order valence-electron chi connectivity index (χ4n) is 1.29. The summed E-state index contributed by atoms with van der Waals surface area (Å²) in [5.41, 5.74) is 6.45. The van der Waals surface area contributed by atoms with Crippen LogP contribution in [0.3, 0.4) is 0 Å². The first-order valence-electron chi connectivity index (χ1n) is 4.28. The van der Waals surface area contributed by atoms with Crippen molar-refractivity contribution in [1.29, 1.82) is 0 Å². The third kappa shape index (κ3) is 2.47. The first-order valence-corrected chi connectivity index (χ1v) is 4.66. The van der Waals surface area contributed by atoms with E-state index in [2.05, 4.69) is 0 Å². The number of carbonyl (C=O) groups is 1. The van der Waals surface area contributed by atoms with Crippen LogP contribution in [0.25, 0.3) is 0 Å². The summed E-state index contributed by atoms with van der Waals surface area (Å²) in [4.78, 5) is 10.9. The van der Waals surface area contributed by atoms with Gasteiger partial charge in [0.1, 0.15) is 0 Å². The van der Waals surface area contributed by atoms with E-state index in [1.807, 2.05) is 6.92 Å². The molecule has 0 aliphatic carbocycles. The molecule has 0 aliphatic rings. The Hall–Kier alpha value is -1.06. The second-order valence-corrected chi connectivity index (χ2v) is 3.66. The Bertz CT molecular complexity index is 350. The van der Waals surface area contributed by atoms with E-state index < -0.39 is 5.97 Å². The lowest BCUT2D eigenvalue weighted by Gasteiger charge is -2.10. The summed E-state index contributed by atoms with van der Waals surface area (Å²) in [5.74, 6) is -0.969. The third-order valence-electron chi connectivity index (χ3n) is 1.88. The van der Waals surface area contributed by atoms with Crippen LogP contribution >= 0.6 is 11.6 Å². The molecule has 0 radical (unpaired) electrons. The van der Waals surface area contributed by atoms with Gasteiger partial charge in [-0.1, -0.05) is 17.7 Å².